The van der Waals surface area contributed by atoms with Gasteiger partial charge in [0.15, 0.2) is 0 Å². The summed E-state index contributed by atoms with van der Waals surface area (Å²) < 4.78 is 1.86. The number of carboxylic acid groups (broad SMARTS) is 1. The van der Waals surface area contributed by atoms with Gasteiger partial charge < -0.3 is 5.11 Å². The molecule has 0 radical (unpaired) electrons. The average Bonchev–Trinajstić information content (AvgIpc) is 2.71. The van der Waals surface area contributed by atoms with E-state index in [1.807, 2.05) is 18.2 Å². The van der Waals surface area contributed by atoms with Crippen molar-refractivity contribution in [1.29, 1.82) is 0 Å². The van der Waals surface area contributed by atoms with Crippen molar-refractivity contribution in [2.24, 2.45) is 0 Å². The van der Waals surface area contributed by atoms with Gasteiger partial charge in [0.1, 0.15) is 9.88 Å². The van der Waals surface area contributed by atoms with Crippen molar-refractivity contribution in [2.45, 2.75) is 0 Å². The third-order valence-corrected chi connectivity index (χ3v) is 4.80. The molecule has 0 bridgehead atoms. The van der Waals surface area contributed by atoms with Gasteiger partial charge >= 0.3 is 5.97 Å². The zero-order valence-corrected chi connectivity index (χ0v) is 11.8. The van der Waals surface area contributed by atoms with Crippen LogP contribution in [0.5, 0.6) is 0 Å². The van der Waals surface area contributed by atoms with Crippen molar-refractivity contribution in [2.75, 3.05) is 0 Å². The summed E-state index contributed by atoms with van der Waals surface area (Å²) in [6.45, 7) is 0. The molecule has 1 N–H and O–H groups in total. The van der Waals surface area contributed by atoms with Crippen LogP contribution in [0, 0.1) is 0 Å². The van der Waals surface area contributed by atoms with E-state index in [-0.39, 0.29) is 4.88 Å². The molecule has 0 saturated heterocycles. The van der Waals surface area contributed by atoms with Crippen LogP contribution in [0.1, 0.15) is 9.67 Å². The highest BCUT2D eigenvalue weighted by atomic mass is 79.9. The van der Waals surface area contributed by atoms with Gasteiger partial charge in [0.05, 0.1) is 6.20 Å². The highest BCUT2D eigenvalue weighted by molar-refractivity contribution is 9.13. The van der Waals surface area contributed by atoms with E-state index in [4.69, 9.17) is 5.11 Å². The summed E-state index contributed by atoms with van der Waals surface area (Å²) >= 11 is 7.93. The number of aromatic carboxylic acids is 1. The Morgan fingerprint density at radius 2 is 2.06 bits per heavy atom. The molecule has 0 fully saturated rings. The van der Waals surface area contributed by atoms with Gasteiger partial charge in [-0.15, -0.1) is 11.3 Å². The fourth-order valence-corrected chi connectivity index (χ4v) is 2.51. The summed E-state index contributed by atoms with van der Waals surface area (Å²) in [5, 5.41) is 9.50. The highest BCUT2D eigenvalue weighted by Gasteiger charge is 2.10. The molecule has 2 rings (SSSR count). The molecule has 6 heteroatoms. The number of aromatic nitrogens is 1. The van der Waals surface area contributed by atoms with E-state index in [9.17, 15) is 4.79 Å². The number of thiazole rings is 1. The molecule has 3 nitrogen and oxygen atoms in total. The van der Waals surface area contributed by atoms with Gasteiger partial charge in [-0.3, -0.25) is 0 Å². The van der Waals surface area contributed by atoms with Crippen molar-refractivity contribution in [3.05, 3.63) is 38.2 Å². The second kappa shape index (κ2) is 4.65. The van der Waals surface area contributed by atoms with Crippen LogP contribution in [0.3, 0.4) is 0 Å². The third-order valence-electron chi connectivity index (χ3n) is 1.88. The van der Waals surface area contributed by atoms with E-state index in [0.717, 1.165) is 25.8 Å². The minimum Gasteiger partial charge on any atom is -0.477 e. The maximum atomic E-state index is 10.7. The van der Waals surface area contributed by atoms with E-state index in [0.29, 0.717) is 5.01 Å². The monoisotopic (exact) mass is 361 g/mol. The Morgan fingerprint density at radius 3 is 2.62 bits per heavy atom. The zero-order valence-electron chi connectivity index (χ0n) is 7.78. The van der Waals surface area contributed by atoms with Crippen LogP contribution in [0.2, 0.25) is 0 Å². The summed E-state index contributed by atoms with van der Waals surface area (Å²) in [4.78, 5) is 15.0. The van der Waals surface area contributed by atoms with Gasteiger partial charge in [-0.25, -0.2) is 9.78 Å². The molecule has 0 aliphatic carbocycles. The topological polar surface area (TPSA) is 50.2 Å². The van der Waals surface area contributed by atoms with Gasteiger partial charge in [-0.1, -0.05) is 6.07 Å². The van der Waals surface area contributed by atoms with Crippen molar-refractivity contribution < 1.29 is 9.90 Å². The molecule has 1 aromatic carbocycles. The molecule has 82 valence electrons. The Kier molecular flexibility index (Phi) is 3.41. The van der Waals surface area contributed by atoms with Crippen LogP contribution < -0.4 is 0 Å². The molecular formula is C10H5Br2NO2S. The summed E-state index contributed by atoms with van der Waals surface area (Å²) in [7, 11) is 0. The van der Waals surface area contributed by atoms with Crippen molar-refractivity contribution in [3.8, 4) is 10.6 Å². The molecule has 2 aromatic rings. The summed E-state index contributed by atoms with van der Waals surface area (Å²) in [6.07, 6.45) is 1.37. The molecule has 0 unspecified atom stereocenters. The molecule has 0 amide bonds. The van der Waals surface area contributed by atoms with Crippen LogP contribution in [-0.2, 0) is 0 Å². The Balaban J connectivity index is 2.42. The zero-order chi connectivity index (χ0) is 11.7. The first-order chi connectivity index (χ1) is 7.58. The smallest absolute Gasteiger partial charge is 0.347 e. The maximum absolute atomic E-state index is 10.7. The quantitative estimate of drug-likeness (QED) is 0.877. The number of halogens is 2. The van der Waals surface area contributed by atoms with E-state index in [1.54, 1.807) is 0 Å². The number of benzene rings is 1. The number of rotatable bonds is 2. The predicted molar refractivity (Wildman–Crippen MR) is 69.9 cm³/mol. The molecule has 1 heterocycles. The number of hydrogen-bond donors (Lipinski definition) is 1. The van der Waals surface area contributed by atoms with Crippen molar-refractivity contribution in [1.82, 2.24) is 4.98 Å². The minimum absolute atomic E-state index is 0.244. The fraction of sp³-hybridized carbons (Fsp3) is 0. The van der Waals surface area contributed by atoms with E-state index < -0.39 is 5.97 Å². The summed E-state index contributed by atoms with van der Waals surface area (Å²) in [6, 6.07) is 5.68. The van der Waals surface area contributed by atoms with E-state index >= 15 is 0 Å². The average molecular weight is 363 g/mol. The summed E-state index contributed by atoms with van der Waals surface area (Å²) in [5.41, 5.74) is 0.896. The first-order valence-corrected chi connectivity index (χ1v) is 6.62. The van der Waals surface area contributed by atoms with E-state index in [2.05, 4.69) is 36.8 Å². The van der Waals surface area contributed by atoms with Crippen molar-refractivity contribution in [3.63, 3.8) is 0 Å². The maximum Gasteiger partial charge on any atom is 0.347 e. The Bertz CT molecular complexity index is 554. The second-order valence-electron chi connectivity index (χ2n) is 2.96. The van der Waals surface area contributed by atoms with Crippen LogP contribution in [0.4, 0.5) is 0 Å². The second-order valence-corrected chi connectivity index (χ2v) is 5.70. The van der Waals surface area contributed by atoms with Gasteiger partial charge in [0.2, 0.25) is 0 Å². The lowest BCUT2D eigenvalue weighted by molar-refractivity contribution is 0.0702. The highest BCUT2D eigenvalue weighted by Crippen LogP contribution is 2.31. The normalized spacial score (nSPS) is 10.4. The Morgan fingerprint density at radius 1 is 1.31 bits per heavy atom. The van der Waals surface area contributed by atoms with Gasteiger partial charge in [0, 0.05) is 14.5 Å². The van der Waals surface area contributed by atoms with Gasteiger partial charge in [-0.2, -0.15) is 0 Å². The summed E-state index contributed by atoms with van der Waals surface area (Å²) in [5.74, 6) is -0.945. The lowest BCUT2D eigenvalue weighted by atomic mass is 10.2. The number of carboxylic acids is 1. The molecule has 1 aromatic heterocycles. The van der Waals surface area contributed by atoms with Crippen LogP contribution in [0.25, 0.3) is 10.6 Å². The van der Waals surface area contributed by atoms with Gasteiger partial charge in [-0.05, 0) is 44.0 Å². The van der Waals surface area contributed by atoms with E-state index in [1.165, 1.54) is 6.20 Å². The third kappa shape index (κ3) is 2.34. The predicted octanol–water partition coefficient (Wildman–Crippen LogP) is 4.03. The molecule has 16 heavy (non-hydrogen) atoms. The molecule has 0 atom stereocenters. The molecule has 0 aliphatic heterocycles. The van der Waals surface area contributed by atoms with Crippen LogP contribution in [0.15, 0.2) is 33.3 Å². The largest absolute Gasteiger partial charge is 0.477 e. The SMILES string of the molecule is O=C(O)c1cnc(-c2ccc(Br)c(Br)c2)s1. The Labute approximate surface area is 112 Å². The molecule has 0 saturated carbocycles. The van der Waals surface area contributed by atoms with Crippen molar-refractivity contribution >= 4 is 49.2 Å². The molecule has 0 spiro atoms. The first kappa shape index (κ1) is 11.8. The minimum atomic E-state index is -0.945. The Hall–Kier alpha value is -0.720. The fourth-order valence-electron chi connectivity index (χ4n) is 1.14. The molecular weight excluding hydrogens is 358 g/mol. The number of carbonyl (C=O) groups is 1. The lowest BCUT2D eigenvalue weighted by Crippen LogP contribution is -1.89. The van der Waals surface area contributed by atoms with Crippen LogP contribution in [-0.4, -0.2) is 16.1 Å². The van der Waals surface area contributed by atoms with Crippen LogP contribution >= 0.6 is 43.2 Å². The number of nitrogens with zero attached hydrogens (tertiary/aromatic N) is 1. The van der Waals surface area contributed by atoms with Gasteiger partial charge in [0.25, 0.3) is 0 Å². The standard InChI is InChI=1S/C10H5Br2NO2S/c11-6-2-1-5(3-7(6)12)9-13-4-8(16-9)10(14)15/h1-4H,(H,14,15). The number of hydrogen-bond acceptors (Lipinski definition) is 3. The lowest BCUT2D eigenvalue weighted by Gasteiger charge is -1.99. The molecule has 0 aliphatic rings. The first-order valence-electron chi connectivity index (χ1n) is 4.22.